The van der Waals surface area contributed by atoms with Gasteiger partial charge in [-0.2, -0.15) is 5.26 Å². The second-order valence-corrected chi connectivity index (χ2v) is 3.61. The first kappa shape index (κ1) is 11.7. The molecule has 1 aromatic heterocycles. The molecule has 90 valence electrons. The van der Waals surface area contributed by atoms with Crippen LogP contribution in [0.3, 0.4) is 0 Å². The normalized spacial score (nSPS) is 9.72. The molecule has 0 fully saturated rings. The first-order valence-corrected chi connectivity index (χ1v) is 5.24. The number of furan rings is 1. The number of carbonyl (C=O) groups is 1. The molecule has 0 bridgehead atoms. The molecule has 1 aromatic carbocycles. The number of hydrogen-bond acceptors (Lipinski definition) is 4. The van der Waals surface area contributed by atoms with Crippen molar-refractivity contribution in [1.82, 2.24) is 0 Å². The third-order valence-electron chi connectivity index (χ3n) is 2.44. The Bertz CT molecular complexity index is 593. The number of carboxylic acid groups (broad SMARTS) is 1. The van der Waals surface area contributed by atoms with E-state index in [0.29, 0.717) is 11.3 Å². The molecule has 0 spiro atoms. The fraction of sp³-hybridized carbons (Fsp3) is 0.0769. The molecule has 1 heterocycles. The minimum atomic E-state index is -1.01. The highest BCUT2D eigenvalue weighted by atomic mass is 16.4. The average molecular weight is 242 g/mol. The van der Waals surface area contributed by atoms with Crippen molar-refractivity contribution < 1.29 is 14.3 Å². The largest absolute Gasteiger partial charge is 0.478 e. The van der Waals surface area contributed by atoms with E-state index < -0.39 is 5.97 Å². The van der Waals surface area contributed by atoms with E-state index in [2.05, 4.69) is 5.32 Å². The fourth-order valence-corrected chi connectivity index (χ4v) is 1.51. The lowest BCUT2D eigenvalue weighted by Gasteiger charge is -2.04. The van der Waals surface area contributed by atoms with Gasteiger partial charge in [-0.15, -0.1) is 0 Å². The molecule has 0 radical (unpaired) electrons. The van der Waals surface area contributed by atoms with Crippen molar-refractivity contribution in [2.75, 3.05) is 5.32 Å². The molecule has 2 rings (SSSR count). The van der Waals surface area contributed by atoms with Crippen molar-refractivity contribution in [2.45, 2.75) is 6.54 Å². The number of carboxylic acids is 1. The number of nitriles is 1. The maximum absolute atomic E-state index is 10.9. The lowest BCUT2D eigenvalue weighted by molar-refractivity contribution is 0.0694. The second-order valence-electron chi connectivity index (χ2n) is 3.61. The Morgan fingerprint density at radius 2 is 2.06 bits per heavy atom. The molecule has 0 amide bonds. The van der Waals surface area contributed by atoms with Crippen LogP contribution in [0.1, 0.15) is 21.7 Å². The molecule has 0 saturated heterocycles. The topological polar surface area (TPSA) is 86.3 Å². The van der Waals surface area contributed by atoms with E-state index in [1.54, 1.807) is 24.3 Å². The Morgan fingerprint density at radius 3 is 2.67 bits per heavy atom. The molecule has 5 nitrogen and oxygen atoms in total. The van der Waals surface area contributed by atoms with Crippen LogP contribution in [-0.4, -0.2) is 11.1 Å². The molecule has 0 saturated carbocycles. The van der Waals surface area contributed by atoms with Crippen molar-refractivity contribution in [1.29, 1.82) is 5.26 Å². The van der Waals surface area contributed by atoms with Crippen LogP contribution in [0, 0.1) is 11.3 Å². The van der Waals surface area contributed by atoms with Crippen LogP contribution in [-0.2, 0) is 6.54 Å². The van der Waals surface area contributed by atoms with Gasteiger partial charge in [0.2, 0.25) is 0 Å². The van der Waals surface area contributed by atoms with E-state index in [1.807, 2.05) is 6.07 Å². The molecular formula is C13H10N2O3. The van der Waals surface area contributed by atoms with Crippen molar-refractivity contribution in [3.63, 3.8) is 0 Å². The van der Waals surface area contributed by atoms with Gasteiger partial charge in [-0.25, -0.2) is 4.79 Å². The number of nitrogens with zero attached hydrogens (tertiary/aromatic N) is 1. The summed E-state index contributed by atoms with van der Waals surface area (Å²) in [5.41, 5.74) is 1.52. The predicted octanol–water partition coefficient (Wildman–Crippen LogP) is 2.46. The molecule has 0 aliphatic carbocycles. The molecule has 0 aliphatic heterocycles. The third-order valence-corrected chi connectivity index (χ3v) is 2.44. The molecule has 0 unspecified atom stereocenters. The van der Waals surface area contributed by atoms with Crippen LogP contribution in [0.15, 0.2) is 41.0 Å². The lowest BCUT2D eigenvalue weighted by Crippen LogP contribution is -2.04. The molecular weight excluding hydrogens is 232 g/mol. The zero-order valence-electron chi connectivity index (χ0n) is 9.38. The first-order valence-electron chi connectivity index (χ1n) is 5.24. The average Bonchev–Trinajstić information content (AvgIpc) is 2.85. The summed E-state index contributed by atoms with van der Waals surface area (Å²) < 4.78 is 5.10. The first-order chi connectivity index (χ1) is 8.70. The van der Waals surface area contributed by atoms with Crippen LogP contribution >= 0.6 is 0 Å². The highest BCUT2D eigenvalue weighted by Gasteiger charge is 2.12. The Morgan fingerprint density at radius 1 is 1.33 bits per heavy atom. The molecule has 5 heteroatoms. The summed E-state index contributed by atoms with van der Waals surface area (Å²) in [7, 11) is 0. The summed E-state index contributed by atoms with van der Waals surface area (Å²) in [6, 6.07) is 10.3. The van der Waals surface area contributed by atoms with Gasteiger partial charge in [0.1, 0.15) is 11.3 Å². The van der Waals surface area contributed by atoms with Crippen LogP contribution in [0.2, 0.25) is 0 Å². The number of anilines is 1. The number of benzene rings is 1. The van der Waals surface area contributed by atoms with E-state index in [1.165, 1.54) is 12.3 Å². The predicted molar refractivity (Wildman–Crippen MR) is 64.2 cm³/mol. The van der Waals surface area contributed by atoms with Gasteiger partial charge >= 0.3 is 5.97 Å². The monoisotopic (exact) mass is 242 g/mol. The van der Waals surface area contributed by atoms with Gasteiger partial charge in [0, 0.05) is 5.69 Å². The van der Waals surface area contributed by atoms with E-state index in [4.69, 9.17) is 14.8 Å². The summed E-state index contributed by atoms with van der Waals surface area (Å²) >= 11 is 0. The van der Waals surface area contributed by atoms with Crippen molar-refractivity contribution in [2.24, 2.45) is 0 Å². The maximum atomic E-state index is 10.9. The maximum Gasteiger partial charge on any atom is 0.339 e. The smallest absolute Gasteiger partial charge is 0.339 e. The summed E-state index contributed by atoms with van der Waals surface area (Å²) in [6.07, 6.45) is 1.35. The molecule has 18 heavy (non-hydrogen) atoms. The minimum absolute atomic E-state index is 0.149. The third kappa shape index (κ3) is 2.50. The van der Waals surface area contributed by atoms with Gasteiger partial charge in [0.15, 0.2) is 0 Å². The quantitative estimate of drug-likeness (QED) is 0.860. The van der Waals surface area contributed by atoms with Crippen LogP contribution in [0.5, 0.6) is 0 Å². The van der Waals surface area contributed by atoms with E-state index in [9.17, 15) is 4.79 Å². The van der Waals surface area contributed by atoms with Gasteiger partial charge in [-0.3, -0.25) is 0 Å². The Balaban J connectivity index is 2.05. The number of aromatic carboxylic acids is 1. The van der Waals surface area contributed by atoms with E-state index in [0.717, 1.165) is 5.69 Å². The highest BCUT2D eigenvalue weighted by molar-refractivity contribution is 5.88. The number of nitrogens with one attached hydrogen (secondary N) is 1. The Labute approximate surface area is 103 Å². The van der Waals surface area contributed by atoms with Gasteiger partial charge in [0.25, 0.3) is 0 Å². The van der Waals surface area contributed by atoms with Crippen LogP contribution in [0.25, 0.3) is 0 Å². The van der Waals surface area contributed by atoms with Gasteiger partial charge in [0.05, 0.1) is 24.4 Å². The minimum Gasteiger partial charge on any atom is -0.478 e. The standard InChI is InChI=1S/C13H10N2O3/c14-7-9-1-3-10(4-2-9)15-8-12-11(13(16)17)5-6-18-12/h1-6,15H,8H2,(H,16,17). The van der Waals surface area contributed by atoms with E-state index >= 15 is 0 Å². The highest BCUT2D eigenvalue weighted by Crippen LogP contribution is 2.14. The van der Waals surface area contributed by atoms with Crippen molar-refractivity contribution in [3.05, 3.63) is 53.5 Å². The summed E-state index contributed by atoms with van der Waals surface area (Å²) in [6.45, 7) is 0.278. The molecule has 0 atom stereocenters. The summed E-state index contributed by atoms with van der Waals surface area (Å²) in [5.74, 6) is -0.646. The second kappa shape index (κ2) is 5.06. The van der Waals surface area contributed by atoms with Crippen LogP contribution in [0.4, 0.5) is 5.69 Å². The fourth-order valence-electron chi connectivity index (χ4n) is 1.51. The summed E-state index contributed by atoms with van der Waals surface area (Å²) in [5, 5.41) is 20.6. The molecule has 2 N–H and O–H groups in total. The zero-order valence-corrected chi connectivity index (χ0v) is 9.38. The van der Waals surface area contributed by atoms with Gasteiger partial charge in [-0.05, 0) is 30.3 Å². The van der Waals surface area contributed by atoms with E-state index in [-0.39, 0.29) is 12.1 Å². The summed E-state index contributed by atoms with van der Waals surface area (Å²) in [4.78, 5) is 10.9. The van der Waals surface area contributed by atoms with Crippen LogP contribution < -0.4 is 5.32 Å². The van der Waals surface area contributed by atoms with Gasteiger partial charge in [-0.1, -0.05) is 0 Å². The number of rotatable bonds is 4. The molecule has 0 aliphatic rings. The van der Waals surface area contributed by atoms with Gasteiger partial charge < -0.3 is 14.8 Å². The number of hydrogen-bond donors (Lipinski definition) is 2. The zero-order chi connectivity index (χ0) is 13.0. The Hall–Kier alpha value is -2.74. The SMILES string of the molecule is N#Cc1ccc(NCc2occc2C(=O)O)cc1. The Kier molecular flexibility index (Phi) is 3.30. The van der Waals surface area contributed by atoms with Crippen molar-refractivity contribution in [3.8, 4) is 6.07 Å². The lowest BCUT2D eigenvalue weighted by atomic mass is 10.2. The molecule has 2 aromatic rings. The van der Waals surface area contributed by atoms with Crippen molar-refractivity contribution >= 4 is 11.7 Å².